The lowest BCUT2D eigenvalue weighted by molar-refractivity contribution is -0.0591. The van der Waals surface area contributed by atoms with Gasteiger partial charge >= 0.3 is 0 Å². The van der Waals surface area contributed by atoms with Crippen molar-refractivity contribution in [1.82, 2.24) is 0 Å². The zero-order valence-corrected chi connectivity index (χ0v) is 14.5. The van der Waals surface area contributed by atoms with Gasteiger partial charge in [-0.05, 0) is 51.4 Å². The van der Waals surface area contributed by atoms with Crippen molar-refractivity contribution < 1.29 is 9.47 Å². The Balaban J connectivity index is 3.77. The Morgan fingerprint density at radius 1 is 0.842 bits per heavy atom. The summed E-state index contributed by atoms with van der Waals surface area (Å²) in [6.07, 6.45) is 3.48. The highest BCUT2D eigenvalue weighted by Crippen LogP contribution is 2.29. The third-order valence-electron chi connectivity index (χ3n) is 3.07. The molecule has 116 valence electrons. The fourth-order valence-corrected chi connectivity index (χ4v) is 2.42. The van der Waals surface area contributed by atoms with E-state index in [0.717, 1.165) is 32.5 Å². The van der Waals surface area contributed by atoms with Crippen molar-refractivity contribution in [3.63, 3.8) is 0 Å². The summed E-state index contributed by atoms with van der Waals surface area (Å²) in [6, 6.07) is 0. The highest BCUT2D eigenvalue weighted by atomic mass is 16.5. The van der Waals surface area contributed by atoms with Crippen LogP contribution in [0, 0.1) is 11.3 Å². The second kappa shape index (κ2) is 8.26. The van der Waals surface area contributed by atoms with E-state index in [-0.39, 0.29) is 5.60 Å². The molecule has 0 fully saturated rings. The first kappa shape index (κ1) is 18.9. The third-order valence-corrected chi connectivity index (χ3v) is 3.07. The zero-order chi connectivity index (χ0) is 15.1. The predicted octanol–water partition coefficient (Wildman–Crippen LogP) is 5.06. The van der Waals surface area contributed by atoms with Crippen molar-refractivity contribution in [2.24, 2.45) is 11.3 Å². The van der Waals surface area contributed by atoms with Crippen LogP contribution in [0.4, 0.5) is 0 Å². The highest BCUT2D eigenvalue weighted by molar-refractivity contribution is 4.77. The average molecular weight is 272 g/mol. The topological polar surface area (TPSA) is 18.5 Å². The van der Waals surface area contributed by atoms with Crippen molar-refractivity contribution >= 4 is 0 Å². The molecule has 0 saturated heterocycles. The Bertz CT molecular complexity index is 226. The molecular weight excluding hydrogens is 236 g/mol. The van der Waals surface area contributed by atoms with Crippen LogP contribution < -0.4 is 0 Å². The van der Waals surface area contributed by atoms with E-state index in [2.05, 4.69) is 55.4 Å². The first-order valence-corrected chi connectivity index (χ1v) is 7.77. The SMILES string of the molecule is CC(C)CCOC(C)CCOC(C)(C)CC(C)(C)C. The minimum atomic E-state index is -0.0457. The van der Waals surface area contributed by atoms with Crippen LogP contribution in [0.1, 0.15) is 74.7 Å². The molecule has 0 rings (SSSR count). The monoisotopic (exact) mass is 272 g/mol. The van der Waals surface area contributed by atoms with Gasteiger partial charge in [0.05, 0.1) is 11.7 Å². The van der Waals surface area contributed by atoms with Gasteiger partial charge in [-0.2, -0.15) is 0 Å². The summed E-state index contributed by atoms with van der Waals surface area (Å²) >= 11 is 0. The number of ether oxygens (including phenoxy) is 2. The van der Waals surface area contributed by atoms with Crippen LogP contribution in [0.2, 0.25) is 0 Å². The lowest BCUT2D eigenvalue weighted by Gasteiger charge is -2.32. The summed E-state index contributed by atoms with van der Waals surface area (Å²) in [4.78, 5) is 0. The van der Waals surface area contributed by atoms with Crippen LogP contribution in [0.5, 0.6) is 0 Å². The summed E-state index contributed by atoms with van der Waals surface area (Å²) < 4.78 is 11.8. The minimum absolute atomic E-state index is 0.0457. The second-order valence-corrected chi connectivity index (χ2v) is 8.00. The predicted molar refractivity (Wildman–Crippen MR) is 83.6 cm³/mol. The summed E-state index contributed by atoms with van der Waals surface area (Å²) in [7, 11) is 0. The van der Waals surface area contributed by atoms with E-state index in [9.17, 15) is 0 Å². The normalized spacial score (nSPS) is 15.0. The van der Waals surface area contributed by atoms with Gasteiger partial charge in [0, 0.05) is 13.2 Å². The maximum atomic E-state index is 6.02. The molecule has 1 unspecified atom stereocenters. The molecule has 0 N–H and O–H groups in total. The molecule has 0 aliphatic carbocycles. The fourth-order valence-electron chi connectivity index (χ4n) is 2.42. The van der Waals surface area contributed by atoms with Gasteiger partial charge in [0.25, 0.3) is 0 Å². The summed E-state index contributed by atoms with van der Waals surface area (Å²) in [5, 5.41) is 0. The Morgan fingerprint density at radius 2 is 1.42 bits per heavy atom. The summed E-state index contributed by atoms with van der Waals surface area (Å²) in [5.74, 6) is 0.717. The van der Waals surface area contributed by atoms with E-state index in [0.29, 0.717) is 17.4 Å². The van der Waals surface area contributed by atoms with Crippen LogP contribution in [0.3, 0.4) is 0 Å². The molecule has 0 aliphatic heterocycles. The molecule has 0 spiro atoms. The molecule has 0 saturated carbocycles. The Hall–Kier alpha value is -0.0800. The molecule has 1 atom stereocenters. The number of hydrogen-bond donors (Lipinski definition) is 0. The smallest absolute Gasteiger partial charge is 0.0631 e. The quantitative estimate of drug-likeness (QED) is 0.584. The van der Waals surface area contributed by atoms with Crippen molar-refractivity contribution in [3.8, 4) is 0 Å². The average Bonchev–Trinajstić information content (AvgIpc) is 2.12. The van der Waals surface area contributed by atoms with Gasteiger partial charge in [-0.25, -0.2) is 0 Å². The van der Waals surface area contributed by atoms with Crippen molar-refractivity contribution in [2.45, 2.75) is 86.4 Å². The lowest BCUT2D eigenvalue weighted by Crippen LogP contribution is -2.31. The maximum absolute atomic E-state index is 6.02. The molecule has 0 bridgehead atoms. The van der Waals surface area contributed by atoms with Crippen LogP contribution >= 0.6 is 0 Å². The van der Waals surface area contributed by atoms with Crippen LogP contribution in [0.15, 0.2) is 0 Å². The van der Waals surface area contributed by atoms with Gasteiger partial charge in [0.2, 0.25) is 0 Å². The Kier molecular flexibility index (Phi) is 8.23. The van der Waals surface area contributed by atoms with E-state index in [1.165, 1.54) is 0 Å². The highest BCUT2D eigenvalue weighted by Gasteiger charge is 2.26. The molecule has 0 heterocycles. The molecule has 2 nitrogen and oxygen atoms in total. The van der Waals surface area contributed by atoms with Gasteiger partial charge < -0.3 is 9.47 Å². The van der Waals surface area contributed by atoms with Gasteiger partial charge in [-0.3, -0.25) is 0 Å². The molecule has 0 aromatic carbocycles. The van der Waals surface area contributed by atoms with Gasteiger partial charge in [-0.1, -0.05) is 34.6 Å². The maximum Gasteiger partial charge on any atom is 0.0631 e. The van der Waals surface area contributed by atoms with Gasteiger partial charge in [0.15, 0.2) is 0 Å². The molecule has 0 aliphatic rings. The van der Waals surface area contributed by atoms with Crippen LogP contribution in [-0.4, -0.2) is 24.9 Å². The Labute approximate surface area is 121 Å². The largest absolute Gasteiger partial charge is 0.378 e. The van der Waals surface area contributed by atoms with Crippen molar-refractivity contribution in [2.75, 3.05) is 13.2 Å². The number of hydrogen-bond acceptors (Lipinski definition) is 2. The lowest BCUT2D eigenvalue weighted by atomic mass is 9.83. The molecular formula is C17H36O2. The molecule has 2 heteroatoms. The zero-order valence-electron chi connectivity index (χ0n) is 14.5. The van der Waals surface area contributed by atoms with Gasteiger partial charge in [0.1, 0.15) is 0 Å². The van der Waals surface area contributed by atoms with E-state index in [1.807, 2.05) is 0 Å². The van der Waals surface area contributed by atoms with Gasteiger partial charge in [-0.15, -0.1) is 0 Å². The van der Waals surface area contributed by atoms with Crippen LogP contribution in [-0.2, 0) is 9.47 Å². The third kappa shape index (κ3) is 12.7. The summed E-state index contributed by atoms with van der Waals surface area (Å²) in [6.45, 7) is 19.4. The van der Waals surface area contributed by atoms with E-state index >= 15 is 0 Å². The van der Waals surface area contributed by atoms with E-state index in [4.69, 9.17) is 9.47 Å². The molecule has 0 aromatic heterocycles. The second-order valence-electron chi connectivity index (χ2n) is 8.00. The molecule has 0 amide bonds. The van der Waals surface area contributed by atoms with E-state index in [1.54, 1.807) is 0 Å². The first-order valence-electron chi connectivity index (χ1n) is 7.77. The fraction of sp³-hybridized carbons (Fsp3) is 1.00. The van der Waals surface area contributed by atoms with Crippen molar-refractivity contribution in [3.05, 3.63) is 0 Å². The number of rotatable bonds is 9. The molecule has 19 heavy (non-hydrogen) atoms. The molecule has 0 radical (unpaired) electrons. The van der Waals surface area contributed by atoms with Crippen molar-refractivity contribution in [1.29, 1.82) is 0 Å². The molecule has 0 aromatic rings. The van der Waals surface area contributed by atoms with E-state index < -0.39 is 0 Å². The Morgan fingerprint density at radius 3 is 1.89 bits per heavy atom. The summed E-state index contributed by atoms with van der Waals surface area (Å²) in [5.41, 5.74) is 0.263. The van der Waals surface area contributed by atoms with Crippen LogP contribution in [0.25, 0.3) is 0 Å². The standard InChI is InChI=1S/C17H36O2/c1-14(2)9-11-18-15(3)10-12-19-17(7,8)13-16(4,5)6/h14-15H,9-13H2,1-8H3. The minimum Gasteiger partial charge on any atom is -0.378 e. The first-order chi connectivity index (χ1) is 8.52.